The van der Waals surface area contributed by atoms with Crippen molar-refractivity contribution in [3.8, 4) is 0 Å². The second-order valence-corrected chi connectivity index (χ2v) is 27.0. The van der Waals surface area contributed by atoms with Gasteiger partial charge in [-0.25, -0.2) is 19.6 Å². The fraction of sp³-hybridized carbons (Fsp3) is 0.529. The first-order valence-corrected chi connectivity index (χ1v) is 25.6. The van der Waals surface area contributed by atoms with E-state index in [1.54, 1.807) is 36.2 Å². The average molecular weight is 856 g/mol. The van der Waals surface area contributed by atoms with Crippen LogP contribution in [0.2, 0.25) is 51.4 Å². The second-order valence-electron chi connectivity index (χ2n) is 15.5. The van der Waals surface area contributed by atoms with Crippen molar-refractivity contribution in [2.24, 2.45) is 14.1 Å². The third-order valence-electron chi connectivity index (χ3n) is 8.24. The molecule has 1 N–H and O–H groups in total. The Kier molecular flexibility index (Phi) is 16.2. The van der Waals surface area contributed by atoms with E-state index in [1.165, 1.54) is 21.8 Å². The van der Waals surface area contributed by atoms with Crippen molar-refractivity contribution in [3.63, 3.8) is 0 Å². The zero-order valence-electron chi connectivity index (χ0n) is 33.5. The summed E-state index contributed by atoms with van der Waals surface area (Å²) in [5, 5.41) is 7.50. The number of fused-ring (bicyclic) bond motifs is 2. The number of hydrogen-bond donors (Lipinski definition) is 1. The van der Waals surface area contributed by atoms with Gasteiger partial charge < -0.3 is 27.7 Å². The highest BCUT2D eigenvalue weighted by Gasteiger charge is 2.19. The molecular formula is C34H52Cl2N10O8Si2. The van der Waals surface area contributed by atoms with Crippen LogP contribution in [-0.4, -0.2) is 77.5 Å². The van der Waals surface area contributed by atoms with E-state index in [-0.39, 0.29) is 32.4 Å². The Morgan fingerprint density at radius 2 is 1.23 bits per heavy atom. The van der Waals surface area contributed by atoms with Gasteiger partial charge in [0.05, 0.1) is 30.8 Å². The van der Waals surface area contributed by atoms with Crippen LogP contribution in [0.15, 0.2) is 53.0 Å². The van der Waals surface area contributed by atoms with Gasteiger partial charge in [-0.1, -0.05) is 49.6 Å². The predicted molar refractivity (Wildman–Crippen MR) is 221 cm³/mol. The van der Waals surface area contributed by atoms with Gasteiger partial charge in [-0.3, -0.25) is 28.3 Å². The maximum absolute atomic E-state index is 13.0. The Hall–Kier alpha value is -4.35. The molecule has 0 fully saturated rings. The highest BCUT2D eigenvalue weighted by Crippen LogP contribution is 2.12. The summed E-state index contributed by atoms with van der Waals surface area (Å²) in [6.07, 6.45) is 3.05. The Balaban J connectivity index is 0.000000254. The van der Waals surface area contributed by atoms with Crippen LogP contribution in [0, 0.1) is 13.8 Å². The number of rotatable bonds is 13. The highest BCUT2D eigenvalue weighted by molar-refractivity contribution is 6.76. The van der Waals surface area contributed by atoms with Gasteiger partial charge in [-0.2, -0.15) is 0 Å². The summed E-state index contributed by atoms with van der Waals surface area (Å²) in [4.78, 5) is 59.5. The first-order chi connectivity index (χ1) is 25.8. The Labute approximate surface area is 335 Å². The van der Waals surface area contributed by atoms with Crippen LogP contribution in [0.5, 0.6) is 0 Å². The number of alkyl halides is 1. The lowest BCUT2D eigenvalue weighted by atomic mass is 10.3. The molecule has 0 radical (unpaired) electrons. The van der Waals surface area contributed by atoms with Gasteiger partial charge in [0.1, 0.15) is 30.7 Å². The summed E-state index contributed by atoms with van der Waals surface area (Å²) in [5.74, 6) is 1.86. The first kappa shape index (κ1) is 46.0. The number of nitrogens with zero attached hydrogens (tertiary/aromatic N) is 9. The van der Waals surface area contributed by atoms with Crippen LogP contribution in [0.25, 0.3) is 22.3 Å². The maximum atomic E-state index is 13.0. The molecule has 0 aliphatic heterocycles. The smallest absolute Gasteiger partial charge is 0.332 e. The number of imidazole rings is 2. The number of aromatic amines is 1. The second kappa shape index (κ2) is 19.7. The average Bonchev–Trinajstić information content (AvgIpc) is 3.92. The molecule has 0 aliphatic carbocycles. The highest BCUT2D eigenvalue weighted by atomic mass is 35.5. The molecule has 308 valence electrons. The Morgan fingerprint density at radius 3 is 1.68 bits per heavy atom. The molecule has 0 saturated heterocycles. The van der Waals surface area contributed by atoms with Crippen LogP contribution in [0.3, 0.4) is 0 Å². The minimum atomic E-state index is -1.19. The van der Waals surface area contributed by atoms with Crippen molar-refractivity contribution >= 4 is 62.5 Å². The van der Waals surface area contributed by atoms with Crippen LogP contribution in [0.1, 0.15) is 22.9 Å². The van der Waals surface area contributed by atoms with Crippen LogP contribution in [-0.2, 0) is 49.5 Å². The van der Waals surface area contributed by atoms with E-state index in [0.29, 0.717) is 52.9 Å². The van der Waals surface area contributed by atoms with E-state index in [1.807, 2.05) is 13.0 Å². The monoisotopic (exact) mass is 854 g/mol. The van der Waals surface area contributed by atoms with E-state index in [2.05, 4.69) is 64.5 Å². The fourth-order valence-electron chi connectivity index (χ4n) is 5.06. The van der Waals surface area contributed by atoms with E-state index in [9.17, 15) is 19.2 Å². The third-order valence-corrected chi connectivity index (χ3v) is 11.9. The molecule has 18 nitrogen and oxygen atoms in total. The summed E-state index contributed by atoms with van der Waals surface area (Å²) in [7, 11) is 0.858. The number of H-pyrrole nitrogens is 1. The van der Waals surface area contributed by atoms with E-state index in [4.69, 9.17) is 30.1 Å². The molecule has 0 bridgehead atoms. The molecule has 0 unspecified atom stereocenters. The molecule has 0 atom stereocenters. The van der Waals surface area contributed by atoms with Crippen molar-refractivity contribution in [1.29, 1.82) is 0 Å². The zero-order valence-corrected chi connectivity index (χ0v) is 37.1. The lowest BCUT2D eigenvalue weighted by Gasteiger charge is -2.15. The van der Waals surface area contributed by atoms with E-state index in [0.717, 1.165) is 28.1 Å². The quantitative estimate of drug-likeness (QED) is 0.0974. The normalized spacial score (nSPS) is 11.6. The lowest BCUT2D eigenvalue weighted by molar-refractivity contribution is 0.0896. The fourth-order valence-corrected chi connectivity index (χ4v) is 6.70. The number of ether oxygens (including phenoxy) is 2. The summed E-state index contributed by atoms with van der Waals surface area (Å²) < 4.78 is 28.2. The van der Waals surface area contributed by atoms with Gasteiger partial charge in [-0.15, -0.1) is 24.0 Å². The maximum Gasteiger partial charge on any atom is 0.332 e. The minimum Gasteiger partial charge on any atom is -0.361 e. The van der Waals surface area contributed by atoms with Gasteiger partial charge in [0.25, 0.3) is 11.1 Å². The van der Waals surface area contributed by atoms with Crippen LogP contribution >= 0.6 is 24.0 Å². The molecule has 0 aromatic carbocycles. The Bertz CT molecular complexity index is 2450. The topological polar surface area (TPSA) is 205 Å². The number of nitrogens with one attached hydrogen (secondary N) is 1. The van der Waals surface area contributed by atoms with Gasteiger partial charge in [-0.05, 0) is 25.9 Å². The summed E-state index contributed by atoms with van der Waals surface area (Å²) in [6, 6.07) is 5.61. The molecular weight excluding hydrogens is 804 g/mol. The molecule has 6 heterocycles. The standard InChI is InChI=1S/C17H25N5O4Si.C12H20N4O3Si.C5H6ClNO.ClH/c1-12-8-13(19-26-12)9-22-16(23)14-15(20(2)17(22)24)18-10-21(14)11-25-6-7-27(3,4)5;1-15-10-9(11(17)14-12(15)18)16(7-13-10)8-19-5-6-20(2,3)4;1-4-2-5(3-6)7-8-4;/h8,10H,6-7,9,11H2,1-5H3;7H,5-6,8H2,1-4H3,(H,14,17,18);2H,3H2,1H3;1H. The number of hydrogen-bond acceptors (Lipinski definition) is 12. The molecule has 6 aromatic rings. The van der Waals surface area contributed by atoms with Crippen molar-refractivity contribution < 1.29 is 18.5 Å². The molecule has 0 amide bonds. The van der Waals surface area contributed by atoms with Crippen molar-refractivity contribution in [3.05, 3.63) is 89.4 Å². The summed E-state index contributed by atoms with van der Waals surface area (Å²) >= 11 is 5.42. The molecule has 0 aliphatic rings. The lowest BCUT2D eigenvalue weighted by Crippen LogP contribution is -2.40. The van der Waals surface area contributed by atoms with Crippen molar-refractivity contribution in [2.45, 2.75) is 91.1 Å². The Morgan fingerprint density at radius 1 is 0.750 bits per heavy atom. The number of aryl methyl sites for hydroxylation is 4. The molecule has 56 heavy (non-hydrogen) atoms. The molecule has 6 aromatic heterocycles. The zero-order chi connectivity index (χ0) is 40.7. The van der Waals surface area contributed by atoms with Gasteiger partial charge in [0, 0.05) is 55.6 Å². The van der Waals surface area contributed by atoms with Crippen LogP contribution < -0.4 is 22.5 Å². The number of aromatic nitrogens is 10. The third kappa shape index (κ3) is 12.3. The molecule has 0 spiro atoms. The van der Waals surface area contributed by atoms with E-state index < -0.39 is 38.6 Å². The van der Waals surface area contributed by atoms with E-state index >= 15 is 0 Å². The minimum absolute atomic E-state index is 0. The predicted octanol–water partition coefficient (Wildman–Crippen LogP) is 4.43. The van der Waals surface area contributed by atoms with Gasteiger partial charge in [0.15, 0.2) is 22.3 Å². The summed E-state index contributed by atoms with van der Waals surface area (Å²) in [5.41, 5.74) is 0.955. The van der Waals surface area contributed by atoms with Crippen molar-refractivity contribution in [2.75, 3.05) is 13.2 Å². The molecule has 0 saturated carbocycles. The van der Waals surface area contributed by atoms with Gasteiger partial charge >= 0.3 is 11.4 Å². The molecule has 22 heteroatoms. The van der Waals surface area contributed by atoms with Crippen LogP contribution in [0.4, 0.5) is 0 Å². The number of halogens is 2. The molecule has 6 rings (SSSR count). The largest absolute Gasteiger partial charge is 0.361 e. The van der Waals surface area contributed by atoms with Gasteiger partial charge in [0.2, 0.25) is 0 Å². The first-order valence-electron chi connectivity index (χ1n) is 17.6. The SMILES string of the molecule is Cc1cc(CCl)no1.Cc1cc(Cn2c(=O)c3c(ncn3COCC[Si](C)(C)C)n(C)c2=O)no1.Cl.Cn1c(=O)[nH]c(=O)c2c1ncn2COCC[Si](C)(C)C. The van der Waals surface area contributed by atoms with Crippen molar-refractivity contribution in [1.82, 2.24) is 48.1 Å². The summed E-state index contributed by atoms with van der Waals surface area (Å²) in [6.45, 7) is 19.1.